The van der Waals surface area contributed by atoms with Gasteiger partial charge in [-0.25, -0.2) is 33.6 Å². The van der Waals surface area contributed by atoms with Gasteiger partial charge in [-0.2, -0.15) is 8.62 Å². The second kappa shape index (κ2) is 11.5. The van der Waals surface area contributed by atoms with Crippen LogP contribution in [0.3, 0.4) is 0 Å². The van der Waals surface area contributed by atoms with Gasteiger partial charge in [0.05, 0.1) is 12.9 Å². The lowest BCUT2D eigenvalue weighted by Gasteiger charge is -2.22. The number of hydrogen-bond acceptors (Lipinski definition) is 16. The van der Waals surface area contributed by atoms with Crippen molar-refractivity contribution in [3.05, 3.63) is 29.4 Å². The maximum atomic E-state index is 12.8. The van der Waals surface area contributed by atoms with E-state index in [1.807, 2.05) is 0 Å². The van der Waals surface area contributed by atoms with Gasteiger partial charge in [0.2, 0.25) is 12.2 Å². The van der Waals surface area contributed by atoms with E-state index in [0.717, 1.165) is 0 Å². The number of fused-ring (bicyclic) bond motifs is 2. The Bertz CT molecular complexity index is 1700. The monoisotopic (exact) mass is 672 g/mol. The van der Waals surface area contributed by atoms with E-state index in [1.165, 1.54) is 29.4 Å². The van der Waals surface area contributed by atoms with Crippen LogP contribution in [-0.2, 0) is 45.8 Å². The molecule has 5 heterocycles. The highest BCUT2D eigenvalue weighted by Crippen LogP contribution is 2.66. The molecule has 228 valence electrons. The number of phosphoric acid groups is 3. The number of H-pyrrole nitrogens is 1. The molecule has 2 fully saturated rings. The number of aromatic amines is 1. The summed E-state index contributed by atoms with van der Waals surface area (Å²) >= 11 is 5.18. The predicted octanol–water partition coefficient (Wildman–Crippen LogP) is -0.149. The Morgan fingerprint density at radius 2 is 1.76 bits per heavy atom. The predicted molar refractivity (Wildman–Crippen MR) is 135 cm³/mol. The van der Waals surface area contributed by atoms with Crippen LogP contribution in [0.1, 0.15) is 6.23 Å². The minimum Gasteiger partial charge on any atom is -0.369 e. The van der Waals surface area contributed by atoms with Gasteiger partial charge in [-0.05, 0) is 6.07 Å². The van der Waals surface area contributed by atoms with Crippen molar-refractivity contribution in [3.8, 4) is 0 Å². The Morgan fingerprint density at radius 1 is 1.07 bits per heavy atom. The van der Waals surface area contributed by atoms with E-state index in [-0.39, 0.29) is 27.7 Å². The normalized spacial score (nSPS) is 26.9. The van der Waals surface area contributed by atoms with Gasteiger partial charge < -0.3 is 44.5 Å². The van der Waals surface area contributed by atoms with Crippen molar-refractivity contribution < 1.29 is 65.4 Å². The molecule has 0 spiro atoms. The number of nitrogens with one attached hydrogen (secondary N) is 2. The second-order valence-corrected chi connectivity index (χ2v) is 13.1. The van der Waals surface area contributed by atoms with Gasteiger partial charge in [0.1, 0.15) is 29.5 Å². The lowest BCUT2D eigenvalue weighted by atomic mass is 10.1. The van der Waals surface area contributed by atoms with Crippen LogP contribution in [0.15, 0.2) is 24.8 Å². The van der Waals surface area contributed by atoms with Crippen LogP contribution in [0.5, 0.6) is 0 Å². The first kappa shape index (κ1) is 30.9. The van der Waals surface area contributed by atoms with Gasteiger partial charge in [-0.1, -0.05) is 12.2 Å². The molecular weight excluding hydrogens is 653 g/mol. The number of carbonyl (C=O) groups excluding carboxylic acids is 1. The average Bonchev–Trinajstić information content (AvgIpc) is 3.55. The van der Waals surface area contributed by atoms with Crippen LogP contribution in [-0.4, -0.2) is 86.2 Å². The van der Waals surface area contributed by atoms with Crippen LogP contribution >= 0.6 is 35.7 Å². The van der Waals surface area contributed by atoms with Crippen molar-refractivity contribution in [3.63, 3.8) is 0 Å². The summed E-state index contributed by atoms with van der Waals surface area (Å²) in [6.45, 7) is -0.896. The first-order chi connectivity index (χ1) is 19.6. The molecule has 42 heavy (non-hydrogen) atoms. The van der Waals surface area contributed by atoms with E-state index in [9.17, 15) is 28.3 Å². The maximum absolute atomic E-state index is 12.8. The van der Waals surface area contributed by atoms with E-state index in [1.54, 1.807) is 0 Å². The van der Waals surface area contributed by atoms with E-state index in [2.05, 4.69) is 38.9 Å². The number of ether oxygens (including phenoxy) is 3. The minimum atomic E-state index is -5.77. The quantitative estimate of drug-likeness (QED) is 0.109. The summed E-state index contributed by atoms with van der Waals surface area (Å²) in [5.74, 6) is -0.930. The third-order valence-corrected chi connectivity index (χ3v) is 9.51. The Morgan fingerprint density at radius 3 is 2.45 bits per heavy atom. The number of carbonyl (C=O) groups is 1. The van der Waals surface area contributed by atoms with Crippen molar-refractivity contribution in [1.29, 1.82) is 0 Å². The zero-order valence-corrected chi connectivity index (χ0v) is 23.8. The van der Waals surface area contributed by atoms with E-state index >= 15 is 0 Å². The van der Waals surface area contributed by atoms with Gasteiger partial charge in [-0.3, -0.25) is 19.2 Å². The molecule has 22 nitrogen and oxygen atoms in total. The highest BCUT2D eigenvalue weighted by molar-refractivity contribution is 7.71. The SMILES string of the molecule is Nc1nc(=S)c2ncn([C@@H]3O[C@H](COP(=O)(O)OP(=O)(O)OP(=O)(O)O)[C@H]4OC(C(=O)Nc5ncccn5)O[C@H]43)c2[nH]1. The van der Waals surface area contributed by atoms with Crippen molar-refractivity contribution in [2.75, 3.05) is 17.7 Å². The molecular formula is C16H19N8O14P3S. The number of nitrogens with zero attached hydrogens (tertiary/aromatic N) is 5. The summed E-state index contributed by atoms with van der Waals surface area (Å²) in [6, 6.07) is 1.52. The first-order valence-electron chi connectivity index (χ1n) is 11.2. The van der Waals surface area contributed by atoms with Gasteiger partial charge >= 0.3 is 23.5 Å². The topological polar surface area (TPSA) is 315 Å². The molecule has 0 aliphatic carbocycles. The fourth-order valence-electron chi connectivity index (χ4n) is 3.97. The molecule has 2 aliphatic rings. The highest BCUT2D eigenvalue weighted by Gasteiger charge is 2.56. The zero-order valence-electron chi connectivity index (χ0n) is 20.3. The molecule has 3 aromatic heterocycles. The Kier molecular flexibility index (Phi) is 8.44. The summed E-state index contributed by atoms with van der Waals surface area (Å²) in [4.78, 5) is 68.1. The van der Waals surface area contributed by atoms with Gasteiger partial charge in [-0.15, -0.1) is 0 Å². The third-order valence-electron chi connectivity index (χ3n) is 5.42. The number of aromatic nitrogens is 6. The fraction of sp³-hybridized carbons (Fsp3) is 0.375. The van der Waals surface area contributed by atoms with Crippen molar-refractivity contribution in [1.82, 2.24) is 29.5 Å². The molecule has 5 rings (SSSR count). The smallest absolute Gasteiger partial charge is 0.369 e. The van der Waals surface area contributed by atoms with E-state index in [0.29, 0.717) is 0 Å². The van der Waals surface area contributed by atoms with E-state index < -0.39 is 66.8 Å². The summed E-state index contributed by atoms with van der Waals surface area (Å²) in [5, 5.41) is 2.39. The molecule has 26 heteroatoms. The van der Waals surface area contributed by atoms with Gasteiger partial charge in [0, 0.05) is 12.4 Å². The largest absolute Gasteiger partial charge is 0.490 e. The number of nitrogens with two attached hydrogens (primary N) is 1. The number of anilines is 2. The zero-order chi connectivity index (χ0) is 30.4. The van der Waals surface area contributed by atoms with Crippen molar-refractivity contribution >= 4 is 64.7 Å². The molecule has 0 radical (unpaired) electrons. The Labute approximate surface area is 237 Å². The Balaban J connectivity index is 1.38. The number of phosphoric ester groups is 1. The molecule has 2 aliphatic heterocycles. The van der Waals surface area contributed by atoms with Gasteiger partial charge in [0.15, 0.2) is 16.8 Å². The second-order valence-electron chi connectivity index (χ2n) is 8.32. The Hall–Kier alpha value is -2.59. The lowest BCUT2D eigenvalue weighted by Crippen LogP contribution is -2.34. The molecule has 0 saturated carbocycles. The molecule has 1 amide bonds. The fourth-order valence-corrected chi connectivity index (χ4v) is 7.24. The van der Waals surface area contributed by atoms with E-state index in [4.69, 9.17) is 46.5 Å². The highest BCUT2D eigenvalue weighted by atomic mass is 32.1. The lowest BCUT2D eigenvalue weighted by molar-refractivity contribution is -0.166. The summed E-state index contributed by atoms with van der Waals surface area (Å²) in [7, 11) is -16.9. The summed E-state index contributed by atoms with van der Waals surface area (Å²) in [5.41, 5.74) is 6.24. The summed E-state index contributed by atoms with van der Waals surface area (Å²) in [6.07, 6.45) is -2.29. The van der Waals surface area contributed by atoms with Crippen LogP contribution in [0.25, 0.3) is 11.2 Å². The van der Waals surface area contributed by atoms with Gasteiger partial charge in [0.25, 0.3) is 5.91 Å². The van der Waals surface area contributed by atoms with Crippen LogP contribution in [0.4, 0.5) is 11.9 Å². The van der Waals surface area contributed by atoms with Crippen molar-refractivity contribution in [2.45, 2.75) is 30.8 Å². The number of nitrogen functional groups attached to an aromatic ring is 1. The number of amides is 1. The number of hydrogen-bond donors (Lipinski definition) is 7. The minimum absolute atomic E-state index is 0.0556. The standard InChI is InChI=1S/C16H19N8O14P3S/c17-15-21-10-7(12(42)23-15)20-5-24(10)13-9-8(35-14(36-9)11(25)22-16-18-2-1-3-19-16)6(34-13)4-33-40(29,30)38-41(31,32)37-39(26,27)28/h1-3,5-6,8-9,13-14H,4H2,(H,29,30)(H,31,32)(H2,26,27,28)(H3,17,21,23,42)(H,18,19,22,25)/t6-,8-,9-,13-,14?/m1/s1. The maximum Gasteiger partial charge on any atom is 0.490 e. The molecule has 7 atom stereocenters. The molecule has 0 aromatic carbocycles. The number of imidazole rings is 1. The average molecular weight is 672 g/mol. The molecule has 2 saturated heterocycles. The number of rotatable bonds is 10. The summed E-state index contributed by atoms with van der Waals surface area (Å²) < 4.78 is 65.8. The van der Waals surface area contributed by atoms with Crippen LogP contribution in [0.2, 0.25) is 0 Å². The molecule has 3 unspecified atom stereocenters. The van der Waals surface area contributed by atoms with Crippen LogP contribution < -0.4 is 11.1 Å². The van der Waals surface area contributed by atoms with Crippen molar-refractivity contribution in [2.24, 2.45) is 0 Å². The molecule has 3 aromatic rings. The molecule has 0 bridgehead atoms. The molecule has 8 N–H and O–H groups in total. The first-order valence-corrected chi connectivity index (χ1v) is 16.1. The third kappa shape index (κ3) is 6.96. The van der Waals surface area contributed by atoms with Crippen LogP contribution in [0, 0.1) is 4.64 Å².